The molecule has 0 unspecified atom stereocenters. The van der Waals surface area contributed by atoms with Crippen molar-refractivity contribution in [1.29, 1.82) is 0 Å². The predicted molar refractivity (Wildman–Crippen MR) is 132 cm³/mol. The Kier molecular flexibility index (Phi) is 6.31. The number of carbonyl (C=O) groups excluding carboxylic acids is 2. The molecule has 3 aromatic rings. The number of aryl methyl sites for hydroxylation is 1. The number of nitrogens with one attached hydrogen (secondary N) is 1. The monoisotopic (exact) mass is 440 g/mol. The second kappa shape index (κ2) is 9.33. The number of amides is 2. The SMILES string of the molecule is CCOc1ccc(N2C(=O)C(Nc3ccc(C(C)C)cc3)=C(c3ccc(C)cc3)C2=O)cc1. The fraction of sp³-hybridized carbons (Fsp3) is 0.214. The lowest BCUT2D eigenvalue weighted by Crippen LogP contribution is -2.32. The van der Waals surface area contributed by atoms with Gasteiger partial charge in [0.15, 0.2) is 0 Å². The molecule has 4 rings (SSSR count). The number of imide groups is 1. The Hall–Kier alpha value is -3.86. The van der Waals surface area contributed by atoms with Crippen LogP contribution in [0.5, 0.6) is 5.75 Å². The van der Waals surface area contributed by atoms with E-state index < -0.39 is 0 Å². The van der Waals surface area contributed by atoms with E-state index in [4.69, 9.17) is 4.74 Å². The van der Waals surface area contributed by atoms with Crippen LogP contribution in [-0.4, -0.2) is 18.4 Å². The zero-order chi connectivity index (χ0) is 23.5. The highest BCUT2D eigenvalue weighted by atomic mass is 16.5. The van der Waals surface area contributed by atoms with Crippen molar-refractivity contribution >= 4 is 28.8 Å². The molecule has 5 heteroatoms. The van der Waals surface area contributed by atoms with Gasteiger partial charge < -0.3 is 10.1 Å². The lowest BCUT2D eigenvalue weighted by molar-refractivity contribution is -0.120. The highest BCUT2D eigenvalue weighted by molar-refractivity contribution is 6.46. The van der Waals surface area contributed by atoms with E-state index in [1.807, 2.05) is 62.4 Å². The highest BCUT2D eigenvalue weighted by Gasteiger charge is 2.40. The maximum Gasteiger partial charge on any atom is 0.282 e. The molecule has 2 amide bonds. The molecule has 1 heterocycles. The zero-order valence-electron chi connectivity index (χ0n) is 19.4. The third-order valence-corrected chi connectivity index (χ3v) is 5.68. The molecule has 0 saturated carbocycles. The molecule has 0 saturated heterocycles. The average molecular weight is 441 g/mol. The van der Waals surface area contributed by atoms with Crippen molar-refractivity contribution in [3.8, 4) is 5.75 Å². The van der Waals surface area contributed by atoms with Crippen molar-refractivity contribution in [2.24, 2.45) is 0 Å². The lowest BCUT2D eigenvalue weighted by atomic mass is 10.0. The summed E-state index contributed by atoms with van der Waals surface area (Å²) >= 11 is 0. The molecule has 1 aliphatic heterocycles. The van der Waals surface area contributed by atoms with Gasteiger partial charge in [-0.05, 0) is 67.3 Å². The minimum atomic E-state index is -0.382. The van der Waals surface area contributed by atoms with Gasteiger partial charge in [-0.2, -0.15) is 0 Å². The van der Waals surface area contributed by atoms with Gasteiger partial charge in [-0.15, -0.1) is 0 Å². The molecular formula is C28H28N2O3. The highest BCUT2D eigenvalue weighted by Crippen LogP contribution is 2.34. The van der Waals surface area contributed by atoms with Gasteiger partial charge >= 0.3 is 0 Å². The van der Waals surface area contributed by atoms with Crippen molar-refractivity contribution in [1.82, 2.24) is 0 Å². The molecule has 0 aliphatic carbocycles. The molecule has 3 aromatic carbocycles. The minimum Gasteiger partial charge on any atom is -0.494 e. The van der Waals surface area contributed by atoms with Gasteiger partial charge in [0.1, 0.15) is 11.4 Å². The van der Waals surface area contributed by atoms with Gasteiger partial charge in [0.25, 0.3) is 11.8 Å². The summed E-state index contributed by atoms with van der Waals surface area (Å²) in [5.74, 6) is 0.365. The maximum atomic E-state index is 13.5. The van der Waals surface area contributed by atoms with E-state index >= 15 is 0 Å². The van der Waals surface area contributed by atoms with Crippen LogP contribution in [0.3, 0.4) is 0 Å². The Labute approximate surface area is 194 Å². The second-order valence-electron chi connectivity index (χ2n) is 8.39. The number of nitrogens with zero attached hydrogens (tertiary/aromatic N) is 1. The Morgan fingerprint density at radius 1 is 0.848 bits per heavy atom. The summed E-state index contributed by atoms with van der Waals surface area (Å²) in [6.07, 6.45) is 0. The number of carbonyl (C=O) groups is 2. The molecule has 1 N–H and O–H groups in total. The fourth-order valence-electron chi connectivity index (χ4n) is 3.82. The standard InChI is InChI=1S/C28H28N2O3/c1-5-33-24-16-14-23(15-17-24)30-27(31)25(21-8-6-19(4)7-9-21)26(28(30)32)29-22-12-10-20(11-13-22)18(2)3/h6-18,29H,5H2,1-4H3. The quantitative estimate of drug-likeness (QED) is 0.464. The van der Waals surface area contributed by atoms with Crippen LogP contribution in [0.4, 0.5) is 11.4 Å². The first kappa shape index (κ1) is 22.3. The molecule has 33 heavy (non-hydrogen) atoms. The Morgan fingerprint density at radius 3 is 2.06 bits per heavy atom. The Balaban J connectivity index is 1.73. The lowest BCUT2D eigenvalue weighted by Gasteiger charge is -2.16. The first-order valence-electron chi connectivity index (χ1n) is 11.2. The molecular weight excluding hydrogens is 412 g/mol. The van der Waals surface area contributed by atoms with Crippen LogP contribution in [0, 0.1) is 6.92 Å². The van der Waals surface area contributed by atoms with Crippen LogP contribution >= 0.6 is 0 Å². The number of hydrogen-bond acceptors (Lipinski definition) is 4. The van der Waals surface area contributed by atoms with Crippen molar-refractivity contribution in [3.63, 3.8) is 0 Å². The van der Waals surface area contributed by atoms with E-state index in [0.717, 1.165) is 11.3 Å². The van der Waals surface area contributed by atoms with Crippen LogP contribution in [0.15, 0.2) is 78.5 Å². The molecule has 1 aliphatic rings. The van der Waals surface area contributed by atoms with Gasteiger partial charge in [-0.25, -0.2) is 4.90 Å². The van der Waals surface area contributed by atoms with Gasteiger partial charge in [-0.1, -0.05) is 55.8 Å². The third-order valence-electron chi connectivity index (χ3n) is 5.68. The van der Waals surface area contributed by atoms with Crippen molar-refractivity contribution in [3.05, 3.63) is 95.2 Å². The largest absolute Gasteiger partial charge is 0.494 e. The van der Waals surface area contributed by atoms with Crippen LogP contribution in [0.25, 0.3) is 5.57 Å². The van der Waals surface area contributed by atoms with E-state index in [1.54, 1.807) is 24.3 Å². The molecule has 5 nitrogen and oxygen atoms in total. The molecule has 0 fully saturated rings. The summed E-state index contributed by atoms with van der Waals surface area (Å²) in [6.45, 7) is 8.71. The normalized spacial score (nSPS) is 13.8. The van der Waals surface area contributed by atoms with Gasteiger partial charge in [0.05, 0.1) is 17.9 Å². The van der Waals surface area contributed by atoms with E-state index in [-0.39, 0.29) is 17.5 Å². The zero-order valence-corrected chi connectivity index (χ0v) is 19.4. The van der Waals surface area contributed by atoms with Crippen LogP contribution in [-0.2, 0) is 9.59 Å². The smallest absolute Gasteiger partial charge is 0.282 e. The van der Waals surface area contributed by atoms with Crippen molar-refractivity contribution in [2.45, 2.75) is 33.6 Å². The Bertz CT molecular complexity index is 1190. The van der Waals surface area contributed by atoms with E-state index in [0.29, 0.717) is 35.1 Å². The molecule has 168 valence electrons. The van der Waals surface area contributed by atoms with Crippen LogP contribution in [0.2, 0.25) is 0 Å². The summed E-state index contributed by atoms with van der Waals surface area (Å²) in [6, 6.07) is 22.6. The predicted octanol–water partition coefficient (Wildman–Crippen LogP) is 5.91. The molecule has 0 spiro atoms. The molecule has 0 aromatic heterocycles. The molecule has 0 atom stereocenters. The first-order chi connectivity index (χ1) is 15.9. The topological polar surface area (TPSA) is 58.6 Å². The van der Waals surface area contributed by atoms with Crippen LogP contribution in [0.1, 0.15) is 43.4 Å². The summed E-state index contributed by atoms with van der Waals surface area (Å²) in [4.78, 5) is 28.3. The molecule has 0 radical (unpaired) electrons. The number of rotatable bonds is 7. The average Bonchev–Trinajstić information content (AvgIpc) is 3.05. The van der Waals surface area contributed by atoms with Crippen LogP contribution < -0.4 is 15.0 Å². The summed E-state index contributed by atoms with van der Waals surface area (Å²) < 4.78 is 5.49. The third kappa shape index (κ3) is 4.53. The number of anilines is 2. The summed E-state index contributed by atoms with van der Waals surface area (Å²) in [7, 11) is 0. The summed E-state index contributed by atoms with van der Waals surface area (Å²) in [5, 5.41) is 3.22. The first-order valence-corrected chi connectivity index (χ1v) is 11.2. The van der Waals surface area contributed by atoms with E-state index in [2.05, 4.69) is 19.2 Å². The van der Waals surface area contributed by atoms with Crippen molar-refractivity contribution in [2.75, 3.05) is 16.8 Å². The minimum absolute atomic E-state index is 0.273. The Morgan fingerprint density at radius 2 is 1.48 bits per heavy atom. The van der Waals surface area contributed by atoms with Gasteiger partial charge in [-0.3, -0.25) is 9.59 Å². The van der Waals surface area contributed by atoms with Gasteiger partial charge in [0.2, 0.25) is 0 Å². The molecule has 0 bridgehead atoms. The number of benzene rings is 3. The second-order valence-corrected chi connectivity index (χ2v) is 8.39. The summed E-state index contributed by atoms with van der Waals surface area (Å²) in [5.41, 5.74) is 4.89. The van der Waals surface area contributed by atoms with Crippen molar-refractivity contribution < 1.29 is 14.3 Å². The fourth-order valence-corrected chi connectivity index (χ4v) is 3.82. The van der Waals surface area contributed by atoms with Gasteiger partial charge in [0, 0.05) is 5.69 Å². The maximum absolute atomic E-state index is 13.5. The number of ether oxygens (including phenoxy) is 1. The number of hydrogen-bond donors (Lipinski definition) is 1. The van der Waals surface area contributed by atoms with E-state index in [1.165, 1.54) is 10.5 Å². The van der Waals surface area contributed by atoms with E-state index in [9.17, 15) is 9.59 Å².